The van der Waals surface area contributed by atoms with Gasteiger partial charge in [-0.2, -0.15) is 0 Å². The molecule has 160 valence electrons. The average molecular weight is 424 g/mol. The van der Waals surface area contributed by atoms with Gasteiger partial charge in [-0.05, 0) is 42.1 Å². The van der Waals surface area contributed by atoms with Crippen LogP contribution in [0, 0.1) is 0 Å². The topological polar surface area (TPSA) is 70.2 Å². The average Bonchev–Trinajstić information content (AvgIpc) is 2.83. The van der Waals surface area contributed by atoms with E-state index < -0.39 is 0 Å². The smallest absolute Gasteiger partial charge is 0.251 e. The maximum Gasteiger partial charge on any atom is 0.251 e. The van der Waals surface area contributed by atoms with Crippen molar-refractivity contribution in [1.29, 1.82) is 0 Å². The van der Waals surface area contributed by atoms with Gasteiger partial charge in [0.2, 0.25) is 5.91 Å². The van der Waals surface area contributed by atoms with E-state index in [2.05, 4.69) is 16.0 Å². The lowest BCUT2D eigenvalue weighted by Crippen LogP contribution is -2.26. The van der Waals surface area contributed by atoms with E-state index in [9.17, 15) is 9.59 Å². The lowest BCUT2D eigenvalue weighted by molar-refractivity contribution is -0.114. The van der Waals surface area contributed by atoms with Gasteiger partial charge in [-0.25, -0.2) is 0 Å². The molecule has 32 heavy (non-hydrogen) atoms. The highest BCUT2D eigenvalue weighted by atomic mass is 16.2. The number of carbonyl (C=O) groups is 2. The van der Waals surface area contributed by atoms with E-state index >= 15 is 0 Å². The molecule has 0 aliphatic rings. The van der Waals surface area contributed by atoms with Crippen LogP contribution in [0.15, 0.2) is 97.1 Å². The normalized spacial score (nSPS) is 11.5. The highest BCUT2D eigenvalue weighted by Gasteiger charge is 2.12. The molecular weight excluding hydrogens is 398 g/mol. The van der Waals surface area contributed by atoms with Crippen LogP contribution in [0.5, 0.6) is 0 Å². The molecule has 0 bridgehead atoms. The molecule has 0 aromatic heterocycles. The van der Waals surface area contributed by atoms with Crippen molar-refractivity contribution >= 4 is 34.0 Å². The number of hydrogen-bond donors (Lipinski definition) is 3. The Balaban J connectivity index is 1.36. The Morgan fingerprint density at radius 1 is 0.812 bits per heavy atom. The number of hydrogen-bond acceptors (Lipinski definition) is 3. The number of anilines is 2. The predicted octanol–water partition coefficient (Wildman–Crippen LogP) is 5.38. The maximum atomic E-state index is 12.7. The van der Waals surface area contributed by atoms with Gasteiger partial charge in [0, 0.05) is 22.3 Å². The summed E-state index contributed by atoms with van der Waals surface area (Å²) in [5, 5.41) is 11.1. The third kappa shape index (κ3) is 5.13. The Hall–Kier alpha value is -4.12. The van der Waals surface area contributed by atoms with Crippen molar-refractivity contribution in [2.75, 3.05) is 17.2 Å². The van der Waals surface area contributed by atoms with Crippen molar-refractivity contribution in [1.82, 2.24) is 5.32 Å². The molecule has 0 aliphatic carbocycles. The number of benzene rings is 4. The van der Waals surface area contributed by atoms with Crippen molar-refractivity contribution in [3.8, 4) is 0 Å². The molecule has 2 amide bonds. The fourth-order valence-electron chi connectivity index (χ4n) is 3.59. The lowest BCUT2D eigenvalue weighted by atomic mass is 10.1. The molecule has 0 saturated heterocycles. The molecular formula is C27H25N3O2. The molecule has 3 N–H and O–H groups in total. The lowest BCUT2D eigenvalue weighted by Gasteiger charge is -2.15. The zero-order valence-corrected chi connectivity index (χ0v) is 17.8. The van der Waals surface area contributed by atoms with Gasteiger partial charge in [-0.15, -0.1) is 0 Å². The van der Waals surface area contributed by atoms with E-state index in [1.807, 2.05) is 85.8 Å². The quantitative estimate of drug-likeness (QED) is 0.374. The van der Waals surface area contributed by atoms with Crippen LogP contribution in [0.1, 0.15) is 28.9 Å². The van der Waals surface area contributed by atoms with Crippen molar-refractivity contribution in [3.63, 3.8) is 0 Å². The van der Waals surface area contributed by atoms with Crippen molar-refractivity contribution < 1.29 is 9.59 Å². The van der Waals surface area contributed by atoms with E-state index in [0.29, 0.717) is 11.3 Å². The molecule has 5 heteroatoms. The fraction of sp³-hybridized carbons (Fsp3) is 0.111. The third-order valence-electron chi connectivity index (χ3n) is 5.29. The first-order chi connectivity index (χ1) is 15.6. The fourth-order valence-corrected chi connectivity index (χ4v) is 3.59. The Labute approximate surface area is 187 Å². The molecule has 0 heterocycles. The Bertz CT molecular complexity index is 1230. The van der Waals surface area contributed by atoms with Crippen LogP contribution >= 0.6 is 0 Å². The second-order valence-corrected chi connectivity index (χ2v) is 7.62. The van der Waals surface area contributed by atoms with Crippen LogP contribution in [-0.2, 0) is 4.79 Å². The Morgan fingerprint density at radius 3 is 2.38 bits per heavy atom. The largest absolute Gasteiger partial charge is 0.376 e. The van der Waals surface area contributed by atoms with Gasteiger partial charge in [-0.1, -0.05) is 72.8 Å². The highest BCUT2D eigenvalue weighted by molar-refractivity contribution is 6.03. The first-order valence-corrected chi connectivity index (χ1v) is 10.6. The van der Waals surface area contributed by atoms with Gasteiger partial charge in [0.15, 0.2) is 0 Å². The molecule has 5 nitrogen and oxygen atoms in total. The summed E-state index contributed by atoms with van der Waals surface area (Å²) in [6.07, 6.45) is 0. The number of amides is 2. The first-order valence-electron chi connectivity index (χ1n) is 10.6. The number of rotatable bonds is 7. The summed E-state index contributed by atoms with van der Waals surface area (Å²) < 4.78 is 0. The summed E-state index contributed by atoms with van der Waals surface area (Å²) in [5.41, 5.74) is 3.06. The van der Waals surface area contributed by atoms with E-state index in [0.717, 1.165) is 22.0 Å². The number of fused-ring (bicyclic) bond motifs is 1. The Morgan fingerprint density at radius 2 is 1.53 bits per heavy atom. The van der Waals surface area contributed by atoms with Crippen LogP contribution in [0.25, 0.3) is 10.8 Å². The molecule has 1 atom stereocenters. The van der Waals surface area contributed by atoms with Gasteiger partial charge in [0.05, 0.1) is 12.6 Å². The second kappa shape index (κ2) is 9.79. The van der Waals surface area contributed by atoms with E-state index in [1.54, 1.807) is 18.2 Å². The molecule has 0 saturated carbocycles. The summed E-state index contributed by atoms with van der Waals surface area (Å²) in [6, 6.07) is 30.6. The molecule has 0 spiro atoms. The van der Waals surface area contributed by atoms with E-state index in [4.69, 9.17) is 0 Å². The van der Waals surface area contributed by atoms with Gasteiger partial charge >= 0.3 is 0 Å². The molecule has 0 radical (unpaired) electrons. The molecule has 0 aliphatic heterocycles. The third-order valence-corrected chi connectivity index (χ3v) is 5.29. The predicted molar refractivity (Wildman–Crippen MR) is 130 cm³/mol. The van der Waals surface area contributed by atoms with Gasteiger partial charge in [-0.3, -0.25) is 9.59 Å². The summed E-state index contributed by atoms with van der Waals surface area (Å²) in [6.45, 7) is 2.04. The summed E-state index contributed by atoms with van der Waals surface area (Å²) in [5.74, 6) is -0.320. The van der Waals surface area contributed by atoms with Crippen molar-refractivity contribution in [3.05, 3.63) is 108 Å². The van der Waals surface area contributed by atoms with Crippen LogP contribution in [-0.4, -0.2) is 18.4 Å². The van der Waals surface area contributed by atoms with Crippen molar-refractivity contribution in [2.45, 2.75) is 13.0 Å². The summed E-state index contributed by atoms with van der Waals surface area (Å²) in [7, 11) is 0. The SMILES string of the molecule is CC(NC(=O)c1cccc(NCC(=O)Nc2cccc3ccccc23)c1)c1ccccc1. The minimum atomic E-state index is -0.162. The zero-order chi connectivity index (χ0) is 22.3. The van der Waals surface area contributed by atoms with Gasteiger partial charge < -0.3 is 16.0 Å². The van der Waals surface area contributed by atoms with Crippen LogP contribution in [0.2, 0.25) is 0 Å². The molecule has 1 unspecified atom stereocenters. The molecule has 4 rings (SSSR count). The Kier molecular flexibility index (Phi) is 6.46. The van der Waals surface area contributed by atoms with Gasteiger partial charge in [0.1, 0.15) is 0 Å². The maximum absolute atomic E-state index is 12.7. The van der Waals surface area contributed by atoms with E-state index in [-0.39, 0.29) is 24.4 Å². The minimum Gasteiger partial charge on any atom is -0.376 e. The standard InChI is InChI=1S/C27H25N3O2/c1-19(20-9-3-2-4-10-20)29-27(32)22-13-7-14-23(17-22)28-18-26(31)30-25-16-8-12-21-11-5-6-15-24(21)25/h2-17,19,28H,18H2,1H3,(H,29,32)(H,30,31). The highest BCUT2D eigenvalue weighted by Crippen LogP contribution is 2.23. The number of carbonyl (C=O) groups excluding carboxylic acids is 2. The number of nitrogens with one attached hydrogen (secondary N) is 3. The summed E-state index contributed by atoms with van der Waals surface area (Å²) in [4.78, 5) is 25.2. The van der Waals surface area contributed by atoms with Crippen LogP contribution in [0.4, 0.5) is 11.4 Å². The molecule has 4 aromatic rings. The zero-order valence-electron chi connectivity index (χ0n) is 17.8. The monoisotopic (exact) mass is 423 g/mol. The van der Waals surface area contributed by atoms with Crippen LogP contribution < -0.4 is 16.0 Å². The van der Waals surface area contributed by atoms with Crippen LogP contribution in [0.3, 0.4) is 0 Å². The first kappa shape index (κ1) is 21.1. The van der Waals surface area contributed by atoms with Crippen molar-refractivity contribution in [2.24, 2.45) is 0 Å². The molecule has 0 fully saturated rings. The summed E-state index contributed by atoms with van der Waals surface area (Å²) >= 11 is 0. The molecule has 4 aromatic carbocycles. The van der Waals surface area contributed by atoms with Gasteiger partial charge in [0.25, 0.3) is 5.91 Å². The minimum absolute atomic E-state index is 0.0920. The second-order valence-electron chi connectivity index (χ2n) is 7.62. The van der Waals surface area contributed by atoms with E-state index in [1.165, 1.54) is 0 Å².